The predicted molar refractivity (Wildman–Crippen MR) is 84.5 cm³/mol. The van der Waals surface area contributed by atoms with Crippen LogP contribution in [-0.2, 0) is 26.0 Å². The predicted octanol–water partition coefficient (Wildman–Crippen LogP) is 3.05. The number of aliphatic hydroxyl groups is 1. The molecule has 0 spiro atoms. The number of carbonyl (C=O) groups excluding carboxylic acids is 1. The topological polar surface area (TPSA) is 49.3 Å². The monoisotopic (exact) mass is 301 g/mol. The molecule has 0 radical (unpaired) electrons. The van der Waals surface area contributed by atoms with E-state index in [0.29, 0.717) is 6.54 Å². The van der Waals surface area contributed by atoms with Gasteiger partial charge in [-0.15, -0.1) is 11.3 Å². The van der Waals surface area contributed by atoms with Crippen molar-refractivity contribution in [3.05, 3.63) is 56.8 Å². The lowest BCUT2D eigenvalue weighted by molar-refractivity contribution is 0.0950. The van der Waals surface area contributed by atoms with Crippen molar-refractivity contribution in [2.75, 3.05) is 0 Å². The molecule has 1 aromatic heterocycles. The molecular weight excluding hydrogens is 282 g/mol. The molecule has 0 unspecified atom stereocenters. The zero-order valence-corrected chi connectivity index (χ0v) is 12.7. The molecule has 1 amide bonds. The second-order valence-electron chi connectivity index (χ2n) is 5.37. The van der Waals surface area contributed by atoms with Gasteiger partial charge in [0.05, 0.1) is 12.2 Å². The number of carbonyl (C=O) groups is 1. The third-order valence-electron chi connectivity index (χ3n) is 4.03. The summed E-state index contributed by atoms with van der Waals surface area (Å²) in [5.41, 5.74) is 3.93. The average Bonchev–Trinajstić information content (AvgIpc) is 2.97. The van der Waals surface area contributed by atoms with E-state index >= 15 is 0 Å². The first-order chi connectivity index (χ1) is 10.3. The number of hydrogen-bond donors (Lipinski definition) is 2. The van der Waals surface area contributed by atoms with Gasteiger partial charge in [-0.05, 0) is 42.4 Å². The second-order valence-corrected chi connectivity index (χ2v) is 6.33. The molecule has 21 heavy (non-hydrogen) atoms. The van der Waals surface area contributed by atoms with Crippen LogP contribution in [0.2, 0.25) is 0 Å². The largest absolute Gasteiger partial charge is 0.392 e. The summed E-state index contributed by atoms with van der Waals surface area (Å²) in [6.07, 6.45) is 4.55. The lowest BCUT2D eigenvalue weighted by Gasteiger charge is -2.13. The van der Waals surface area contributed by atoms with Gasteiger partial charge in [0.25, 0.3) is 5.91 Å². The van der Waals surface area contributed by atoms with Crippen molar-refractivity contribution in [1.29, 1.82) is 0 Å². The number of thiophene rings is 1. The number of fused-ring (bicyclic) bond motifs is 1. The van der Waals surface area contributed by atoms with E-state index in [2.05, 4.69) is 5.32 Å². The average molecular weight is 301 g/mol. The Bertz CT molecular complexity index is 648. The van der Waals surface area contributed by atoms with Crippen LogP contribution in [0.4, 0.5) is 0 Å². The maximum Gasteiger partial charge on any atom is 0.252 e. The van der Waals surface area contributed by atoms with E-state index in [-0.39, 0.29) is 12.5 Å². The summed E-state index contributed by atoms with van der Waals surface area (Å²) in [4.78, 5) is 13.8. The van der Waals surface area contributed by atoms with Crippen molar-refractivity contribution in [2.24, 2.45) is 0 Å². The van der Waals surface area contributed by atoms with Crippen LogP contribution in [0.15, 0.2) is 29.6 Å². The fourth-order valence-corrected chi connectivity index (χ4v) is 3.97. The van der Waals surface area contributed by atoms with E-state index in [9.17, 15) is 9.90 Å². The van der Waals surface area contributed by atoms with Crippen molar-refractivity contribution < 1.29 is 9.90 Å². The standard InChI is InChI=1S/C17H19NO2S/c19-10-13-6-2-1-5-12(13)9-18-17(20)15-11-21-16-8-4-3-7-14(15)16/h1-2,5-6,11,19H,3-4,7-10H2,(H,18,20). The molecule has 0 bridgehead atoms. The highest BCUT2D eigenvalue weighted by Gasteiger charge is 2.19. The minimum Gasteiger partial charge on any atom is -0.392 e. The Morgan fingerprint density at radius 2 is 1.95 bits per heavy atom. The fourth-order valence-electron chi connectivity index (χ4n) is 2.84. The lowest BCUT2D eigenvalue weighted by atomic mass is 9.95. The van der Waals surface area contributed by atoms with Gasteiger partial charge in [-0.2, -0.15) is 0 Å². The van der Waals surface area contributed by atoms with Crippen LogP contribution in [0.1, 0.15) is 44.8 Å². The van der Waals surface area contributed by atoms with Crippen molar-refractivity contribution >= 4 is 17.2 Å². The van der Waals surface area contributed by atoms with Crippen LogP contribution in [0.25, 0.3) is 0 Å². The Balaban J connectivity index is 1.71. The first-order valence-corrected chi connectivity index (χ1v) is 8.22. The van der Waals surface area contributed by atoms with Crippen molar-refractivity contribution in [3.8, 4) is 0 Å². The SMILES string of the molecule is O=C(NCc1ccccc1CO)c1csc2c1CCCC2. The highest BCUT2D eigenvalue weighted by atomic mass is 32.1. The summed E-state index contributed by atoms with van der Waals surface area (Å²) >= 11 is 1.71. The number of aryl methyl sites for hydroxylation is 1. The van der Waals surface area contributed by atoms with Crippen molar-refractivity contribution in [1.82, 2.24) is 5.32 Å². The quantitative estimate of drug-likeness (QED) is 0.912. The van der Waals surface area contributed by atoms with Gasteiger partial charge in [0, 0.05) is 16.8 Å². The van der Waals surface area contributed by atoms with Gasteiger partial charge in [-0.25, -0.2) is 0 Å². The fraction of sp³-hybridized carbons (Fsp3) is 0.353. The van der Waals surface area contributed by atoms with Crippen LogP contribution in [0.5, 0.6) is 0 Å². The first kappa shape index (κ1) is 14.3. The molecule has 110 valence electrons. The van der Waals surface area contributed by atoms with Gasteiger partial charge in [0.1, 0.15) is 0 Å². The molecule has 2 aromatic rings. The number of amides is 1. The Morgan fingerprint density at radius 1 is 1.19 bits per heavy atom. The van der Waals surface area contributed by atoms with Gasteiger partial charge < -0.3 is 10.4 Å². The number of nitrogens with one attached hydrogen (secondary N) is 1. The molecule has 3 nitrogen and oxygen atoms in total. The number of benzene rings is 1. The van der Waals surface area contributed by atoms with Crippen LogP contribution in [-0.4, -0.2) is 11.0 Å². The molecule has 1 aromatic carbocycles. The first-order valence-electron chi connectivity index (χ1n) is 7.34. The molecule has 1 heterocycles. The van der Waals surface area contributed by atoms with Crippen LogP contribution in [0.3, 0.4) is 0 Å². The van der Waals surface area contributed by atoms with Crippen molar-refractivity contribution in [3.63, 3.8) is 0 Å². The Labute approximate surface area is 128 Å². The minimum atomic E-state index is -0.000106. The van der Waals surface area contributed by atoms with E-state index in [1.807, 2.05) is 29.6 Å². The third-order valence-corrected chi connectivity index (χ3v) is 5.12. The molecule has 0 saturated carbocycles. The maximum absolute atomic E-state index is 12.4. The Morgan fingerprint density at radius 3 is 2.76 bits per heavy atom. The van der Waals surface area contributed by atoms with Gasteiger partial charge >= 0.3 is 0 Å². The molecule has 4 heteroatoms. The van der Waals surface area contributed by atoms with Crippen LogP contribution >= 0.6 is 11.3 Å². The van der Waals surface area contributed by atoms with Crippen LogP contribution in [0, 0.1) is 0 Å². The highest BCUT2D eigenvalue weighted by molar-refractivity contribution is 7.10. The molecule has 2 N–H and O–H groups in total. The van der Waals surface area contributed by atoms with Gasteiger partial charge in [-0.3, -0.25) is 4.79 Å². The summed E-state index contributed by atoms with van der Waals surface area (Å²) in [5, 5.41) is 14.3. The Kier molecular flexibility index (Phi) is 4.36. The summed E-state index contributed by atoms with van der Waals surface area (Å²) in [6, 6.07) is 7.64. The number of aliphatic hydroxyl groups excluding tert-OH is 1. The molecule has 3 rings (SSSR count). The van der Waals surface area contributed by atoms with Crippen LogP contribution < -0.4 is 5.32 Å². The van der Waals surface area contributed by atoms with E-state index < -0.39 is 0 Å². The summed E-state index contributed by atoms with van der Waals surface area (Å²) in [6.45, 7) is 0.458. The van der Waals surface area contributed by atoms with Crippen molar-refractivity contribution in [2.45, 2.75) is 38.8 Å². The molecule has 1 aliphatic carbocycles. The number of hydrogen-bond acceptors (Lipinski definition) is 3. The zero-order valence-electron chi connectivity index (χ0n) is 11.9. The maximum atomic E-state index is 12.4. The van der Waals surface area contributed by atoms with E-state index in [1.165, 1.54) is 23.3 Å². The second kappa shape index (κ2) is 6.41. The Hall–Kier alpha value is -1.65. The molecule has 1 aliphatic rings. The smallest absolute Gasteiger partial charge is 0.252 e. The molecular formula is C17H19NO2S. The molecule has 0 fully saturated rings. The van der Waals surface area contributed by atoms with Gasteiger partial charge in [0.2, 0.25) is 0 Å². The third kappa shape index (κ3) is 3.01. The van der Waals surface area contributed by atoms with Gasteiger partial charge in [0.15, 0.2) is 0 Å². The zero-order chi connectivity index (χ0) is 14.7. The normalized spacial score (nSPS) is 13.8. The number of rotatable bonds is 4. The van der Waals surface area contributed by atoms with Gasteiger partial charge in [-0.1, -0.05) is 24.3 Å². The summed E-state index contributed by atoms with van der Waals surface area (Å²) < 4.78 is 0. The van der Waals surface area contributed by atoms with E-state index in [4.69, 9.17) is 0 Å². The molecule has 0 aliphatic heterocycles. The highest BCUT2D eigenvalue weighted by Crippen LogP contribution is 2.30. The molecule has 0 atom stereocenters. The van der Waals surface area contributed by atoms with E-state index in [0.717, 1.165) is 29.5 Å². The lowest BCUT2D eigenvalue weighted by Crippen LogP contribution is -2.24. The molecule has 0 saturated heterocycles. The summed E-state index contributed by atoms with van der Waals surface area (Å²) in [7, 11) is 0. The summed E-state index contributed by atoms with van der Waals surface area (Å²) in [5.74, 6) is 0.00198. The van der Waals surface area contributed by atoms with E-state index in [1.54, 1.807) is 11.3 Å². The minimum absolute atomic E-state index is 0.000106.